The number of nitrogens with zero attached hydrogens (tertiary/aromatic N) is 3. The maximum atomic E-state index is 13.2. The summed E-state index contributed by atoms with van der Waals surface area (Å²) >= 11 is 0. The molecule has 2 aromatic carbocycles. The van der Waals surface area contributed by atoms with Crippen LogP contribution in [0.25, 0.3) is 0 Å². The van der Waals surface area contributed by atoms with Gasteiger partial charge >= 0.3 is 0 Å². The lowest BCUT2D eigenvalue weighted by atomic mass is 9.99. The summed E-state index contributed by atoms with van der Waals surface area (Å²) in [5, 5.41) is 0. The van der Waals surface area contributed by atoms with Crippen LogP contribution >= 0.6 is 0 Å². The van der Waals surface area contributed by atoms with E-state index in [0.29, 0.717) is 24.0 Å². The zero-order valence-electron chi connectivity index (χ0n) is 19.2. The van der Waals surface area contributed by atoms with Crippen LogP contribution in [0, 0.1) is 0 Å². The average Bonchev–Trinajstić information content (AvgIpc) is 3.32. The van der Waals surface area contributed by atoms with Gasteiger partial charge in [-0.1, -0.05) is 24.3 Å². The third kappa shape index (κ3) is 4.75. The van der Waals surface area contributed by atoms with Crippen molar-refractivity contribution < 1.29 is 19.1 Å². The minimum atomic E-state index is -0.0638. The maximum absolute atomic E-state index is 13.2. The fourth-order valence-electron chi connectivity index (χ4n) is 5.17. The molecule has 0 aliphatic carbocycles. The van der Waals surface area contributed by atoms with Crippen molar-refractivity contribution in [3.05, 3.63) is 59.2 Å². The second kappa shape index (κ2) is 9.53. The van der Waals surface area contributed by atoms with Gasteiger partial charge < -0.3 is 14.4 Å². The van der Waals surface area contributed by atoms with Gasteiger partial charge in [0.25, 0.3) is 5.91 Å². The smallest absolute Gasteiger partial charge is 0.254 e. The molecule has 1 atom stereocenters. The summed E-state index contributed by atoms with van der Waals surface area (Å²) in [5.41, 5.74) is 2.28. The van der Waals surface area contributed by atoms with E-state index in [9.17, 15) is 9.59 Å². The van der Waals surface area contributed by atoms with Crippen molar-refractivity contribution in [2.24, 2.45) is 0 Å². The Kier molecular flexibility index (Phi) is 6.33. The Morgan fingerprint density at radius 1 is 0.939 bits per heavy atom. The molecule has 3 aliphatic rings. The number of amides is 1. The number of ether oxygens (including phenoxy) is 2. The molecule has 33 heavy (non-hydrogen) atoms. The number of Topliss-reactive ketones (excluding diaryl/α,β-unsaturated/α-hetero) is 1. The molecule has 3 aliphatic heterocycles. The molecule has 3 heterocycles. The Morgan fingerprint density at radius 3 is 2.48 bits per heavy atom. The average molecular weight is 450 g/mol. The normalized spacial score (nSPS) is 21.2. The van der Waals surface area contributed by atoms with Gasteiger partial charge in [-0.3, -0.25) is 19.4 Å². The van der Waals surface area contributed by atoms with Crippen molar-refractivity contribution in [1.29, 1.82) is 0 Å². The van der Waals surface area contributed by atoms with Gasteiger partial charge in [-0.05, 0) is 43.5 Å². The van der Waals surface area contributed by atoms with Gasteiger partial charge in [-0.25, -0.2) is 0 Å². The van der Waals surface area contributed by atoms with Gasteiger partial charge in [0.1, 0.15) is 0 Å². The van der Waals surface area contributed by atoms with Crippen molar-refractivity contribution >= 4 is 11.7 Å². The summed E-state index contributed by atoms with van der Waals surface area (Å²) in [6, 6.07) is 13.7. The summed E-state index contributed by atoms with van der Waals surface area (Å²) < 4.78 is 10.9. The number of rotatable bonds is 5. The zero-order chi connectivity index (χ0) is 22.8. The molecule has 5 rings (SSSR count). The molecule has 0 bridgehead atoms. The Morgan fingerprint density at radius 2 is 1.70 bits per heavy atom. The van der Waals surface area contributed by atoms with E-state index in [1.54, 1.807) is 12.1 Å². The molecular weight excluding hydrogens is 418 g/mol. The molecule has 174 valence electrons. The predicted octanol–water partition coefficient (Wildman–Crippen LogP) is 3.04. The highest BCUT2D eigenvalue weighted by molar-refractivity contribution is 6.07. The SMILES string of the molecule is CC(=O)c1ccccc1C(=O)N1CCC[C@@H](N2CCN(Cc3ccc4c(c3)OCO4)CC2)C1. The van der Waals surface area contributed by atoms with Crippen LogP contribution in [0.5, 0.6) is 11.5 Å². The number of ketones is 1. The van der Waals surface area contributed by atoms with Gasteiger partial charge in [-0.2, -0.15) is 0 Å². The topological polar surface area (TPSA) is 62.3 Å². The molecular formula is C26H31N3O4. The molecule has 0 spiro atoms. The first-order chi connectivity index (χ1) is 16.1. The van der Waals surface area contributed by atoms with Crippen LogP contribution in [0.2, 0.25) is 0 Å². The summed E-state index contributed by atoms with van der Waals surface area (Å²) in [6.45, 7) is 8.23. The maximum Gasteiger partial charge on any atom is 0.254 e. The van der Waals surface area contributed by atoms with E-state index in [-0.39, 0.29) is 11.7 Å². The molecule has 0 saturated carbocycles. The van der Waals surface area contributed by atoms with E-state index >= 15 is 0 Å². The monoisotopic (exact) mass is 449 g/mol. The van der Waals surface area contributed by atoms with Crippen LogP contribution in [-0.4, -0.2) is 78.5 Å². The van der Waals surface area contributed by atoms with Crippen LogP contribution < -0.4 is 9.47 Å². The lowest BCUT2D eigenvalue weighted by molar-refractivity contribution is 0.0406. The number of carbonyl (C=O) groups excluding carboxylic acids is 2. The van der Waals surface area contributed by atoms with Crippen LogP contribution in [0.1, 0.15) is 46.0 Å². The predicted molar refractivity (Wildman–Crippen MR) is 125 cm³/mol. The van der Waals surface area contributed by atoms with Crippen molar-refractivity contribution in [3.63, 3.8) is 0 Å². The highest BCUT2D eigenvalue weighted by Crippen LogP contribution is 2.33. The Balaban J connectivity index is 1.17. The van der Waals surface area contributed by atoms with E-state index < -0.39 is 0 Å². The zero-order valence-corrected chi connectivity index (χ0v) is 19.2. The van der Waals surface area contributed by atoms with Crippen molar-refractivity contribution in [1.82, 2.24) is 14.7 Å². The van der Waals surface area contributed by atoms with Crippen LogP contribution in [0.15, 0.2) is 42.5 Å². The number of piperazine rings is 1. The minimum Gasteiger partial charge on any atom is -0.454 e. The number of hydrogen-bond donors (Lipinski definition) is 0. The molecule has 2 saturated heterocycles. The Labute approximate surface area is 194 Å². The molecule has 0 aromatic heterocycles. The molecule has 1 amide bonds. The molecule has 0 N–H and O–H groups in total. The Hall–Kier alpha value is -2.90. The number of fused-ring (bicyclic) bond motifs is 1. The van der Waals surface area contributed by atoms with Crippen molar-refractivity contribution in [3.8, 4) is 11.5 Å². The van der Waals surface area contributed by atoms with E-state index in [1.807, 2.05) is 23.1 Å². The molecule has 7 nitrogen and oxygen atoms in total. The largest absolute Gasteiger partial charge is 0.454 e. The van der Waals surface area contributed by atoms with Gasteiger partial charge in [0.05, 0.1) is 5.56 Å². The molecule has 7 heteroatoms. The molecule has 0 unspecified atom stereocenters. The number of likely N-dealkylation sites (tertiary alicyclic amines) is 1. The first kappa shape index (κ1) is 21.9. The molecule has 2 aromatic rings. The lowest BCUT2D eigenvalue weighted by Gasteiger charge is -2.43. The van der Waals surface area contributed by atoms with Crippen LogP contribution in [0.4, 0.5) is 0 Å². The van der Waals surface area contributed by atoms with E-state index in [0.717, 1.165) is 70.2 Å². The summed E-state index contributed by atoms with van der Waals surface area (Å²) in [5.74, 6) is 1.58. The second-order valence-electron chi connectivity index (χ2n) is 9.15. The summed E-state index contributed by atoms with van der Waals surface area (Å²) in [4.78, 5) is 32.2. The number of hydrogen-bond acceptors (Lipinski definition) is 6. The first-order valence-corrected chi connectivity index (χ1v) is 11.8. The number of piperidine rings is 1. The standard InChI is InChI=1S/C26H31N3O4/c1-19(30)22-6-2-3-7-23(22)26(31)29-10-4-5-21(17-29)28-13-11-27(12-14-28)16-20-8-9-24-25(15-20)33-18-32-24/h2-3,6-9,15,21H,4-5,10-14,16-18H2,1H3/t21-/m1/s1. The summed E-state index contributed by atoms with van der Waals surface area (Å²) in [7, 11) is 0. The first-order valence-electron chi connectivity index (χ1n) is 11.8. The van der Waals surface area contributed by atoms with E-state index in [4.69, 9.17) is 9.47 Å². The second-order valence-corrected chi connectivity index (χ2v) is 9.15. The highest BCUT2D eigenvalue weighted by atomic mass is 16.7. The van der Waals surface area contributed by atoms with Crippen molar-refractivity contribution in [2.75, 3.05) is 46.1 Å². The van der Waals surface area contributed by atoms with E-state index in [2.05, 4.69) is 21.9 Å². The van der Waals surface area contributed by atoms with Crippen molar-refractivity contribution in [2.45, 2.75) is 32.4 Å². The Bertz CT molecular complexity index is 1030. The van der Waals surface area contributed by atoms with Gasteiger partial charge in [0.2, 0.25) is 6.79 Å². The van der Waals surface area contributed by atoms with Crippen LogP contribution in [0.3, 0.4) is 0 Å². The van der Waals surface area contributed by atoms with Gasteiger partial charge in [0, 0.05) is 57.4 Å². The fourth-order valence-corrected chi connectivity index (χ4v) is 5.17. The molecule has 0 radical (unpaired) electrons. The van der Waals surface area contributed by atoms with E-state index in [1.165, 1.54) is 12.5 Å². The lowest BCUT2D eigenvalue weighted by Crippen LogP contribution is -2.55. The van der Waals surface area contributed by atoms with Gasteiger partial charge in [0.15, 0.2) is 17.3 Å². The highest BCUT2D eigenvalue weighted by Gasteiger charge is 2.31. The van der Waals surface area contributed by atoms with Gasteiger partial charge in [-0.15, -0.1) is 0 Å². The fraction of sp³-hybridized carbons (Fsp3) is 0.462. The summed E-state index contributed by atoms with van der Waals surface area (Å²) in [6.07, 6.45) is 2.11. The number of benzene rings is 2. The third-order valence-corrected chi connectivity index (χ3v) is 6.99. The quantitative estimate of drug-likeness (QED) is 0.654. The molecule has 2 fully saturated rings. The van der Waals surface area contributed by atoms with Crippen LogP contribution in [-0.2, 0) is 6.54 Å². The third-order valence-electron chi connectivity index (χ3n) is 6.99. The number of carbonyl (C=O) groups is 2. The minimum absolute atomic E-state index is 0.0213.